The van der Waals surface area contributed by atoms with Gasteiger partial charge < -0.3 is 14.5 Å². The van der Waals surface area contributed by atoms with Crippen molar-refractivity contribution in [1.82, 2.24) is 10.3 Å². The van der Waals surface area contributed by atoms with E-state index >= 15 is 0 Å². The maximum absolute atomic E-state index is 12.3. The molecule has 4 aromatic rings. The first kappa shape index (κ1) is 25.4. The highest BCUT2D eigenvalue weighted by Gasteiger charge is 2.13. The zero-order chi connectivity index (χ0) is 25.1. The molecular weight excluding hydrogens is 573 g/mol. The number of amides is 1. The minimum Gasteiger partial charge on any atom is -0.482 e. The highest BCUT2D eigenvalue weighted by Crippen LogP contribution is 2.30. The summed E-state index contributed by atoms with van der Waals surface area (Å²) in [7, 11) is 0. The van der Waals surface area contributed by atoms with Crippen LogP contribution in [-0.2, 0) is 11.2 Å². The Kier molecular flexibility index (Phi) is 7.96. The Morgan fingerprint density at radius 1 is 1.14 bits per heavy atom. The first-order valence-corrected chi connectivity index (χ1v) is 12.5. The molecule has 4 rings (SSSR count). The quantitative estimate of drug-likeness (QED) is 0.235. The number of aromatic nitrogens is 1. The molecule has 0 saturated carbocycles. The second-order valence-corrected chi connectivity index (χ2v) is 10.0. The molecule has 0 aliphatic rings. The molecular formula is C25H20BrCl2N3O3S. The molecule has 0 radical (unpaired) electrons. The minimum absolute atomic E-state index is 0.164. The number of nitrogens with one attached hydrogen (secondary N) is 2. The van der Waals surface area contributed by atoms with Crippen LogP contribution in [0.25, 0.3) is 11.1 Å². The molecule has 180 valence electrons. The van der Waals surface area contributed by atoms with Gasteiger partial charge in [0.2, 0.25) is 0 Å². The van der Waals surface area contributed by atoms with Crippen LogP contribution >= 0.6 is 51.3 Å². The Bertz CT molecular complexity index is 1400. The summed E-state index contributed by atoms with van der Waals surface area (Å²) in [6, 6.07) is 14.8. The van der Waals surface area contributed by atoms with Crippen LogP contribution in [0.15, 0.2) is 57.4 Å². The van der Waals surface area contributed by atoms with Gasteiger partial charge in [0.25, 0.3) is 5.91 Å². The lowest BCUT2D eigenvalue weighted by molar-refractivity contribution is -0.121. The van der Waals surface area contributed by atoms with Crippen molar-refractivity contribution in [1.29, 1.82) is 0 Å². The van der Waals surface area contributed by atoms with E-state index in [0.717, 1.165) is 26.9 Å². The Hall–Kier alpha value is -2.65. The van der Waals surface area contributed by atoms with E-state index < -0.39 is 0 Å². The van der Waals surface area contributed by atoms with Crippen LogP contribution in [0, 0.1) is 13.8 Å². The number of carbonyl (C=O) groups excluding carboxylic acids is 1. The molecule has 0 aliphatic carbocycles. The molecule has 0 spiro atoms. The number of carbonyl (C=O) groups is 1. The molecule has 1 amide bonds. The van der Waals surface area contributed by atoms with Crippen LogP contribution in [0.4, 0.5) is 5.69 Å². The molecule has 3 aromatic carbocycles. The summed E-state index contributed by atoms with van der Waals surface area (Å²) < 4.78 is 12.2. The van der Waals surface area contributed by atoms with E-state index in [-0.39, 0.29) is 17.6 Å². The van der Waals surface area contributed by atoms with Gasteiger partial charge in [-0.25, -0.2) is 4.98 Å². The molecule has 1 aromatic heterocycles. The number of oxazole rings is 1. The number of hydrogen-bond acceptors (Lipinski definition) is 5. The zero-order valence-electron chi connectivity index (χ0n) is 18.7. The van der Waals surface area contributed by atoms with Gasteiger partial charge in [-0.3, -0.25) is 10.1 Å². The number of aryl methyl sites for hydroxylation is 2. The van der Waals surface area contributed by atoms with E-state index in [9.17, 15) is 4.79 Å². The van der Waals surface area contributed by atoms with Crippen LogP contribution in [0.1, 0.15) is 22.6 Å². The largest absolute Gasteiger partial charge is 0.482 e. The van der Waals surface area contributed by atoms with Crippen molar-refractivity contribution in [3.63, 3.8) is 0 Å². The molecule has 0 fully saturated rings. The zero-order valence-corrected chi connectivity index (χ0v) is 22.7. The van der Waals surface area contributed by atoms with Gasteiger partial charge in [0, 0.05) is 17.1 Å². The molecule has 1 heterocycles. The van der Waals surface area contributed by atoms with Gasteiger partial charge in [0.1, 0.15) is 11.3 Å². The first-order valence-electron chi connectivity index (χ1n) is 10.5. The van der Waals surface area contributed by atoms with Gasteiger partial charge >= 0.3 is 0 Å². The van der Waals surface area contributed by atoms with Crippen molar-refractivity contribution in [2.75, 3.05) is 11.9 Å². The maximum atomic E-state index is 12.3. The molecule has 0 saturated heterocycles. The molecule has 0 unspecified atom stereocenters. The Labute approximate surface area is 226 Å². The highest BCUT2D eigenvalue weighted by atomic mass is 79.9. The lowest BCUT2D eigenvalue weighted by atomic mass is 10.1. The van der Waals surface area contributed by atoms with Crippen molar-refractivity contribution in [2.24, 2.45) is 0 Å². The van der Waals surface area contributed by atoms with Crippen LogP contribution < -0.4 is 15.4 Å². The van der Waals surface area contributed by atoms with E-state index in [1.807, 2.05) is 50.2 Å². The van der Waals surface area contributed by atoms with Gasteiger partial charge in [-0.15, -0.1) is 0 Å². The van der Waals surface area contributed by atoms with E-state index in [2.05, 4.69) is 31.5 Å². The number of rotatable bonds is 6. The SMILES string of the molecule is Cc1cc(C)c(OCC(=O)NC(=S)Nc2ccc(Cc3nc4cc(Cl)cc(Cl)c4o3)cc2)c(Br)c1. The molecule has 0 atom stereocenters. The molecule has 0 aliphatic heterocycles. The fourth-order valence-corrected chi connectivity index (χ4v) is 5.05. The molecule has 0 bridgehead atoms. The summed E-state index contributed by atoms with van der Waals surface area (Å²) in [5, 5.41) is 6.72. The summed E-state index contributed by atoms with van der Waals surface area (Å²) in [4.78, 5) is 16.7. The normalized spacial score (nSPS) is 10.9. The van der Waals surface area contributed by atoms with E-state index in [1.54, 1.807) is 12.1 Å². The van der Waals surface area contributed by atoms with Crippen molar-refractivity contribution in [2.45, 2.75) is 20.3 Å². The van der Waals surface area contributed by atoms with Gasteiger partial charge in [-0.05, 0) is 89.0 Å². The van der Waals surface area contributed by atoms with E-state index in [0.29, 0.717) is 39.2 Å². The maximum Gasteiger partial charge on any atom is 0.264 e. The second kappa shape index (κ2) is 11.0. The van der Waals surface area contributed by atoms with Crippen molar-refractivity contribution in [3.05, 3.63) is 85.6 Å². The van der Waals surface area contributed by atoms with E-state index in [1.165, 1.54) is 0 Å². The van der Waals surface area contributed by atoms with Crippen molar-refractivity contribution < 1.29 is 13.9 Å². The molecule has 2 N–H and O–H groups in total. The standard InChI is InChI=1S/C25H20BrCl2N3O3S/c1-13-7-14(2)23(18(26)8-13)33-12-21(32)31-25(35)29-17-5-3-15(4-6-17)9-22-30-20-11-16(27)10-19(28)24(20)34-22/h3-8,10-11H,9,12H2,1-2H3,(H2,29,31,32,35). The van der Waals surface area contributed by atoms with Crippen molar-refractivity contribution in [3.8, 4) is 5.75 Å². The number of fused-ring (bicyclic) bond motifs is 1. The predicted octanol–water partition coefficient (Wildman–Crippen LogP) is 7.00. The number of benzene rings is 3. The van der Waals surface area contributed by atoms with E-state index in [4.69, 9.17) is 44.6 Å². The fourth-order valence-electron chi connectivity index (χ4n) is 3.51. The monoisotopic (exact) mass is 591 g/mol. The Morgan fingerprint density at radius 3 is 2.60 bits per heavy atom. The summed E-state index contributed by atoms with van der Waals surface area (Å²) >= 11 is 20.9. The topological polar surface area (TPSA) is 76.4 Å². The van der Waals surface area contributed by atoms with Crippen LogP contribution in [-0.4, -0.2) is 22.6 Å². The second-order valence-electron chi connectivity index (χ2n) is 7.90. The van der Waals surface area contributed by atoms with Crippen LogP contribution in [0.2, 0.25) is 10.0 Å². The molecule has 10 heteroatoms. The van der Waals surface area contributed by atoms with Crippen molar-refractivity contribution >= 4 is 79.2 Å². The molecule has 6 nitrogen and oxygen atoms in total. The number of ether oxygens (including phenoxy) is 1. The van der Waals surface area contributed by atoms with Gasteiger partial charge in [-0.2, -0.15) is 0 Å². The smallest absolute Gasteiger partial charge is 0.264 e. The number of hydrogen-bond donors (Lipinski definition) is 2. The highest BCUT2D eigenvalue weighted by molar-refractivity contribution is 9.10. The number of halogens is 3. The third-order valence-corrected chi connectivity index (χ3v) is 6.29. The number of nitrogens with zero attached hydrogens (tertiary/aromatic N) is 1. The predicted molar refractivity (Wildman–Crippen MR) is 147 cm³/mol. The number of anilines is 1. The summed E-state index contributed by atoms with van der Waals surface area (Å²) in [6.07, 6.45) is 0.482. The average Bonchev–Trinajstić information content (AvgIpc) is 3.17. The third-order valence-electron chi connectivity index (χ3n) is 5.00. The Balaban J connectivity index is 1.30. The lowest BCUT2D eigenvalue weighted by Crippen LogP contribution is -2.37. The minimum atomic E-state index is -0.360. The van der Waals surface area contributed by atoms with Crippen LogP contribution in [0.3, 0.4) is 0 Å². The van der Waals surface area contributed by atoms with Gasteiger partial charge in [0.05, 0.1) is 9.50 Å². The van der Waals surface area contributed by atoms with Gasteiger partial charge in [-0.1, -0.05) is 41.4 Å². The molecule has 35 heavy (non-hydrogen) atoms. The lowest BCUT2D eigenvalue weighted by Gasteiger charge is -2.13. The average molecular weight is 593 g/mol. The van der Waals surface area contributed by atoms with Crippen LogP contribution in [0.5, 0.6) is 5.75 Å². The number of thiocarbonyl (C=S) groups is 1. The summed E-state index contributed by atoms with van der Waals surface area (Å²) in [5.41, 5.74) is 4.88. The fraction of sp³-hybridized carbons (Fsp3) is 0.160. The summed E-state index contributed by atoms with van der Waals surface area (Å²) in [6.45, 7) is 3.76. The third kappa shape index (κ3) is 6.52. The van der Waals surface area contributed by atoms with Gasteiger partial charge in [0.15, 0.2) is 23.2 Å². The summed E-state index contributed by atoms with van der Waals surface area (Å²) in [5.74, 6) is 0.799. The Morgan fingerprint density at radius 2 is 1.89 bits per heavy atom. The first-order chi connectivity index (χ1) is 16.7.